The van der Waals surface area contributed by atoms with Crippen molar-refractivity contribution in [3.05, 3.63) is 88.0 Å². The number of allylic oxidation sites excluding steroid dienone is 2. The summed E-state index contributed by atoms with van der Waals surface area (Å²) < 4.78 is 5.90. The second kappa shape index (κ2) is 21.6. The summed E-state index contributed by atoms with van der Waals surface area (Å²) in [6, 6.07) is 17.5. The Kier molecular flexibility index (Phi) is 18.7. The van der Waals surface area contributed by atoms with Crippen molar-refractivity contribution in [2.45, 2.75) is 118 Å². The predicted molar refractivity (Wildman–Crippen MR) is 183 cm³/mol. The van der Waals surface area contributed by atoms with Crippen LogP contribution in [0.25, 0.3) is 16.9 Å². The van der Waals surface area contributed by atoms with E-state index in [4.69, 9.17) is 0 Å². The average Bonchev–Trinajstić information content (AvgIpc) is 3.36. The van der Waals surface area contributed by atoms with Crippen LogP contribution in [0.5, 0.6) is 0 Å². The molecule has 0 spiro atoms. The van der Waals surface area contributed by atoms with Crippen molar-refractivity contribution in [3.63, 3.8) is 0 Å². The van der Waals surface area contributed by atoms with Crippen molar-refractivity contribution in [3.8, 4) is 0 Å². The van der Waals surface area contributed by atoms with Crippen LogP contribution in [-0.4, -0.2) is 39.8 Å². The molecule has 1 heterocycles. The second-order valence-corrected chi connectivity index (χ2v) is 13.4. The van der Waals surface area contributed by atoms with Crippen molar-refractivity contribution in [2.24, 2.45) is 0 Å². The zero-order chi connectivity index (χ0) is 31.5. The van der Waals surface area contributed by atoms with Gasteiger partial charge in [0.25, 0.3) is 0 Å². The Labute approximate surface area is 271 Å². The number of unbranched alkanes of at least 4 members (excludes halogenated alkanes) is 7. The normalized spacial score (nSPS) is 13.2. The molecule has 0 saturated carbocycles. The monoisotopic (exact) mass is 630 g/mol. The molecule has 0 bridgehead atoms. The van der Waals surface area contributed by atoms with Crippen LogP contribution in [0.1, 0.15) is 128 Å². The molecule has 0 aromatic heterocycles. The molecule has 43 heavy (non-hydrogen) atoms. The van der Waals surface area contributed by atoms with Crippen molar-refractivity contribution in [1.82, 2.24) is 7.96 Å². The molecule has 3 rings (SSSR count). The molecule has 2 aromatic rings. The SMILES string of the molecule is CCCCCCCCC1=C(c2cccc(CCCC)c2)[N+](=[N-])C(c2cccc(CCCC)c2)=C1.CC[N](C)[Ni][N](C)CC. The first-order valence-electron chi connectivity index (χ1n) is 17.0. The topological polar surface area (TPSA) is 31.8 Å². The van der Waals surface area contributed by atoms with E-state index >= 15 is 0 Å². The fourth-order valence-electron chi connectivity index (χ4n) is 5.15. The van der Waals surface area contributed by atoms with E-state index in [1.54, 1.807) is 14.9 Å². The zero-order valence-electron chi connectivity index (χ0n) is 28.4. The minimum absolute atomic E-state index is 0.910. The first-order valence-corrected chi connectivity index (χ1v) is 17.9. The van der Waals surface area contributed by atoms with Gasteiger partial charge >= 0.3 is 63.9 Å². The number of aryl methyl sites for hydroxylation is 2. The molecule has 0 radical (unpaired) electrons. The van der Waals surface area contributed by atoms with E-state index in [1.807, 2.05) is 0 Å². The first kappa shape index (κ1) is 37.1. The van der Waals surface area contributed by atoms with E-state index in [0.717, 1.165) is 54.9 Å². The first-order chi connectivity index (χ1) is 20.9. The Bertz CT molecular complexity index is 1140. The van der Waals surface area contributed by atoms with Crippen LogP contribution < -0.4 is 0 Å². The third kappa shape index (κ3) is 13.2. The van der Waals surface area contributed by atoms with Crippen LogP contribution >= 0.6 is 0 Å². The quantitative estimate of drug-likeness (QED) is 0.0878. The summed E-state index contributed by atoms with van der Waals surface area (Å²) in [5.74, 6) is 0. The number of nitrogens with zero attached hydrogens (tertiary/aromatic N) is 4. The molecule has 0 unspecified atom stereocenters. The molecule has 0 aliphatic carbocycles. The Morgan fingerprint density at radius 3 is 1.70 bits per heavy atom. The third-order valence-electron chi connectivity index (χ3n) is 7.96. The fourth-order valence-corrected chi connectivity index (χ4v) is 6.00. The number of hydrogen-bond acceptors (Lipinski definition) is 2. The van der Waals surface area contributed by atoms with Gasteiger partial charge in [-0.15, -0.1) is 0 Å². The van der Waals surface area contributed by atoms with E-state index in [0.29, 0.717) is 0 Å². The van der Waals surface area contributed by atoms with E-state index < -0.39 is 0 Å². The van der Waals surface area contributed by atoms with Crippen LogP contribution in [0.15, 0.2) is 60.2 Å². The maximum atomic E-state index is 11.4. The van der Waals surface area contributed by atoms with Crippen LogP contribution in [0.4, 0.5) is 0 Å². The number of hydrogen-bond donors (Lipinski definition) is 0. The van der Waals surface area contributed by atoms with Crippen molar-refractivity contribution in [2.75, 3.05) is 27.2 Å². The number of rotatable bonds is 19. The van der Waals surface area contributed by atoms with Gasteiger partial charge in [-0.05, 0) is 73.9 Å². The van der Waals surface area contributed by atoms with E-state index in [2.05, 4.69) is 111 Å². The zero-order valence-corrected chi connectivity index (χ0v) is 29.4. The molecule has 0 amide bonds. The summed E-state index contributed by atoms with van der Waals surface area (Å²) in [5.41, 5.74) is 19.5. The molecule has 1 aliphatic rings. The maximum absolute atomic E-state index is 11.4. The van der Waals surface area contributed by atoms with E-state index in [9.17, 15) is 5.53 Å². The van der Waals surface area contributed by atoms with Gasteiger partial charge in [0, 0.05) is 22.8 Å². The minimum atomic E-state index is 0.910. The standard InChI is InChI=1S/C32H44N2.2C3H8N.Ni/c1-4-7-10-11-12-13-20-30-25-31(28-21-14-18-26(23-28)16-8-5-2)34(33)32(30)29-22-15-19-27(24-29)17-9-6-3;2*1-3-4-2;/h14-15,18-19,21-25H,4-13,16-17,20H2,1-3H3;2*3H2,1-2H3;/q;2*-1;+2. The van der Waals surface area contributed by atoms with Gasteiger partial charge in [-0.2, -0.15) is 0 Å². The van der Waals surface area contributed by atoms with Crippen molar-refractivity contribution >= 4 is 11.4 Å². The van der Waals surface area contributed by atoms with Gasteiger partial charge in [0.15, 0.2) is 0 Å². The van der Waals surface area contributed by atoms with E-state index in [-0.39, 0.29) is 0 Å². The van der Waals surface area contributed by atoms with Gasteiger partial charge < -0.3 is 5.53 Å². The molecular weight excluding hydrogens is 571 g/mol. The molecule has 1 aliphatic heterocycles. The Morgan fingerprint density at radius 2 is 1.14 bits per heavy atom. The summed E-state index contributed by atoms with van der Waals surface area (Å²) in [7, 11) is 4.21. The van der Waals surface area contributed by atoms with Gasteiger partial charge in [-0.3, -0.25) is 0 Å². The predicted octanol–water partition coefficient (Wildman–Crippen LogP) is 10.7. The molecule has 5 heteroatoms. The molecule has 4 nitrogen and oxygen atoms in total. The Hall–Kier alpha value is -2.07. The van der Waals surface area contributed by atoms with Crippen LogP contribution in [0, 0.1) is 0 Å². The average molecular weight is 632 g/mol. The van der Waals surface area contributed by atoms with Gasteiger partial charge in [0.1, 0.15) is 0 Å². The summed E-state index contributed by atoms with van der Waals surface area (Å²) in [4.78, 5) is 0. The summed E-state index contributed by atoms with van der Waals surface area (Å²) in [6.07, 6.45) is 17.9. The van der Waals surface area contributed by atoms with Crippen LogP contribution in [-0.2, 0) is 27.7 Å². The molecule has 0 N–H and O–H groups in total. The summed E-state index contributed by atoms with van der Waals surface area (Å²) >= 11 is 1.59. The molecule has 242 valence electrons. The number of benzene rings is 2. The summed E-state index contributed by atoms with van der Waals surface area (Å²) in [6.45, 7) is 13.3. The fraction of sp³-hybridized carbons (Fsp3) is 0.579. The van der Waals surface area contributed by atoms with Crippen LogP contribution in [0.3, 0.4) is 0 Å². The molecular formula is C38H60N4Ni. The van der Waals surface area contributed by atoms with Gasteiger partial charge in [-0.25, -0.2) is 4.70 Å². The Morgan fingerprint density at radius 1 is 0.628 bits per heavy atom. The van der Waals surface area contributed by atoms with Gasteiger partial charge in [0.05, 0.1) is 0 Å². The molecule has 2 aromatic carbocycles. The van der Waals surface area contributed by atoms with Crippen LogP contribution in [0.2, 0.25) is 0 Å². The third-order valence-corrected chi connectivity index (χ3v) is 9.26. The van der Waals surface area contributed by atoms with Gasteiger partial charge in [-0.1, -0.05) is 90.0 Å². The van der Waals surface area contributed by atoms with E-state index in [1.165, 1.54) is 85.6 Å². The summed E-state index contributed by atoms with van der Waals surface area (Å²) in [5, 5.41) is 0. The molecule has 0 fully saturated rings. The second-order valence-electron chi connectivity index (χ2n) is 11.7. The van der Waals surface area contributed by atoms with Crippen molar-refractivity contribution in [1.29, 1.82) is 0 Å². The molecule has 0 atom stereocenters. The Balaban J connectivity index is 0.000000621. The molecule has 0 saturated heterocycles. The van der Waals surface area contributed by atoms with Gasteiger partial charge in [0.2, 0.25) is 11.4 Å². The van der Waals surface area contributed by atoms with Crippen molar-refractivity contribution < 1.29 is 19.6 Å².